The van der Waals surface area contributed by atoms with E-state index >= 15 is 0 Å². The van der Waals surface area contributed by atoms with Crippen molar-refractivity contribution >= 4 is 48.9 Å². The molecule has 0 atom stereocenters. The second kappa shape index (κ2) is 7.70. The van der Waals surface area contributed by atoms with E-state index in [9.17, 15) is 21.6 Å². The standard InChI is InChI=1S/C17H18ClN3O5S2/c18-16-11-13(21-9-1-2-10-27(21,23)24)5-8-15(16)17(22)20-12-3-6-14(7-4-12)28(19,25)26/h3-8,11H,1-2,9-10H2,(H,20,22)(H2,19,25,26). The van der Waals surface area contributed by atoms with Crippen LogP contribution in [0.25, 0.3) is 0 Å². The van der Waals surface area contributed by atoms with Gasteiger partial charge in [0.15, 0.2) is 0 Å². The first kappa shape index (κ1) is 20.6. The van der Waals surface area contributed by atoms with Crippen LogP contribution in [0.2, 0.25) is 5.02 Å². The topological polar surface area (TPSA) is 127 Å². The van der Waals surface area contributed by atoms with Crippen molar-refractivity contribution in [2.24, 2.45) is 5.14 Å². The van der Waals surface area contributed by atoms with Crippen LogP contribution in [0.15, 0.2) is 47.4 Å². The summed E-state index contributed by atoms with van der Waals surface area (Å²) in [5, 5.41) is 7.74. The van der Waals surface area contributed by atoms with Gasteiger partial charge in [-0.05, 0) is 55.3 Å². The number of halogens is 1. The van der Waals surface area contributed by atoms with Crippen LogP contribution in [0, 0.1) is 0 Å². The lowest BCUT2D eigenvalue weighted by Gasteiger charge is -2.28. The second-order valence-corrected chi connectivity index (χ2v) is 10.3. The van der Waals surface area contributed by atoms with Crippen molar-refractivity contribution in [2.75, 3.05) is 21.9 Å². The SMILES string of the molecule is NS(=O)(=O)c1ccc(NC(=O)c2ccc(N3CCCCS3(=O)=O)cc2Cl)cc1. The van der Waals surface area contributed by atoms with Gasteiger partial charge in [0, 0.05) is 12.2 Å². The minimum absolute atomic E-state index is 0.0735. The molecule has 3 N–H and O–H groups in total. The van der Waals surface area contributed by atoms with E-state index in [0.717, 1.165) is 6.42 Å². The number of rotatable bonds is 4. The third-order valence-electron chi connectivity index (χ3n) is 4.28. The van der Waals surface area contributed by atoms with Crippen LogP contribution in [-0.2, 0) is 20.0 Å². The van der Waals surface area contributed by atoms with Gasteiger partial charge in [0.1, 0.15) is 0 Å². The molecule has 0 aliphatic carbocycles. The molecule has 0 radical (unpaired) electrons. The summed E-state index contributed by atoms with van der Waals surface area (Å²) >= 11 is 6.21. The van der Waals surface area contributed by atoms with Gasteiger partial charge in [0.2, 0.25) is 20.0 Å². The molecule has 1 amide bonds. The van der Waals surface area contributed by atoms with Crippen molar-refractivity contribution in [2.45, 2.75) is 17.7 Å². The van der Waals surface area contributed by atoms with Gasteiger partial charge in [-0.1, -0.05) is 11.6 Å². The number of carbonyl (C=O) groups is 1. The number of sulfonamides is 2. The van der Waals surface area contributed by atoms with Crippen molar-refractivity contribution in [1.29, 1.82) is 0 Å². The monoisotopic (exact) mass is 443 g/mol. The van der Waals surface area contributed by atoms with Crippen molar-refractivity contribution in [3.8, 4) is 0 Å². The summed E-state index contributed by atoms with van der Waals surface area (Å²) < 4.78 is 48.2. The van der Waals surface area contributed by atoms with E-state index < -0.39 is 26.0 Å². The molecule has 1 fully saturated rings. The largest absolute Gasteiger partial charge is 0.322 e. The smallest absolute Gasteiger partial charge is 0.257 e. The zero-order valence-corrected chi connectivity index (χ0v) is 17.0. The van der Waals surface area contributed by atoms with Gasteiger partial charge < -0.3 is 5.32 Å². The number of nitrogens with zero attached hydrogens (tertiary/aromatic N) is 1. The fourth-order valence-corrected chi connectivity index (χ4v) is 5.26. The maximum atomic E-state index is 12.5. The predicted octanol–water partition coefficient (Wildman–Crippen LogP) is 2.17. The molecule has 28 heavy (non-hydrogen) atoms. The molecule has 0 bridgehead atoms. The Kier molecular flexibility index (Phi) is 5.67. The van der Waals surface area contributed by atoms with Crippen LogP contribution in [0.4, 0.5) is 11.4 Å². The molecule has 150 valence electrons. The Labute approximate surface area is 168 Å². The Morgan fingerprint density at radius 3 is 2.36 bits per heavy atom. The average molecular weight is 444 g/mol. The van der Waals surface area contributed by atoms with Crippen LogP contribution < -0.4 is 14.8 Å². The molecule has 1 heterocycles. The maximum Gasteiger partial charge on any atom is 0.257 e. The van der Waals surface area contributed by atoms with Crippen molar-refractivity contribution in [3.05, 3.63) is 53.1 Å². The first-order valence-corrected chi connectivity index (χ1v) is 11.9. The fourth-order valence-electron chi connectivity index (χ4n) is 2.85. The zero-order valence-electron chi connectivity index (χ0n) is 14.6. The summed E-state index contributed by atoms with van der Waals surface area (Å²) in [6.07, 6.45) is 1.38. The average Bonchev–Trinajstić information content (AvgIpc) is 2.61. The normalized spacial score (nSPS) is 16.6. The molecular weight excluding hydrogens is 426 g/mol. The van der Waals surface area contributed by atoms with Crippen molar-refractivity contribution in [1.82, 2.24) is 0 Å². The Morgan fingerprint density at radius 1 is 1.11 bits per heavy atom. The summed E-state index contributed by atoms with van der Waals surface area (Å²) in [4.78, 5) is 12.4. The highest BCUT2D eigenvalue weighted by atomic mass is 35.5. The van der Waals surface area contributed by atoms with E-state index in [-0.39, 0.29) is 21.2 Å². The highest BCUT2D eigenvalue weighted by Crippen LogP contribution is 2.28. The summed E-state index contributed by atoms with van der Waals surface area (Å²) in [5.74, 6) is -0.428. The van der Waals surface area contributed by atoms with E-state index in [0.29, 0.717) is 24.3 Å². The molecule has 8 nitrogen and oxygen atoms in total. The minimum atomic E-state index is -3.82. The molecule has 1 aliphatic heterocycles. The third kappa shape index (κ3) is 4.46. The van der Waals surface area contributed by atoms with E-state index in [4.69, 9.17) is 16.7 Å². The first-order valence-electron chi connectivity index (χ1n) is 8.32. The molecule has 0 unspecified atom stereocenters. The van der Waals surface area contributed by atoms with Gasteiger partial charge in [-0.3, -0.25) is 9.10 Å². The highest BCUT2D eigenvalue weighted by molar-refractivity contribution is 7.92. The first-order chi connectivity index (χ1) is 13.1. The Balaban J connectivity index is 1.79. The molecule has 2 aromatic rings. The van der Waals surface area contributed by atoms with Crippen LogP contribution >= 0.6 is 11.6 Å². The lowest BCUT2D eigenvalue weighted by molar-refractivity contribution is 0.102. The van der Waals surface area contributed by atoms with Gasteiger partial charge >= 0.3 is 0 Å². The Morgan fingerprint density at radius 2 is 1.79 bits per heavy atom. The number of nitrogens with two attached hydrogens (primary N) is 1. The maximum absolute atomic E-state index is 12.5. The van der Waals surface area contributed by atoms with E-state index in [2.05, 4.69) is 5.32 Å². The fraction of sp³-hybridized carbons (Fsp3) is 0.235. The number of hydrogen-bond acceptors (Lipinski definition) is 5. The molecule has 3 rings (SSSR count). The Bertz CT molecular complexity index is 1120. The lowest BCUT2D eigenvalue weighted by Crippen LogP contribution is -2.37. The van der Waals surface area contributed by atoms with Gasteiger partial charge in [-0.15, -0.1) is 0 Å². The predicted molar refractivity (Wildman–Crippen MR) is 108 cm³/mol. The molecule has 0 aromatic heterocycles. The molecule has 0 saturated carbocycles. The molecule has 1 aliphatic rings. The molecular formula is C17H18ClN3O5S2. The van der Waals surface area contributed by atoms with Crippen LogP contribution in [0.5, 0.6) is 0 Å². The number of hydrogen-bond donors (Lipinski definition) is 2. The number of benzene rings is 2. The van der Waals surface area contributed by atoms with Gasteiger partial charge in [-0.25, -0.2) is 22.0 Å². The number of primary sulfonamides is 1. The summed E-state index contributed by atoms with van der Waals surface area (Å²) in [7, 11) is -7.20. The van der Waals surface area contributed by atoms with E-state index in [1.807, 2.05) is 0 Å². The Hall–Kier alpha value is -2.14. The van der Waals surface area contributed by atoms with Crippen molar-refractivity contribution < 1.29 is 21.6 Å². The summed E-state index contributed by atoms with van der Waals surface area (Å²) in [5.41, 5.74) is 0.935. The molecule has 0 spiro atoms. The third-order valence-corrected chi connectivity index (χ3v) is 7.39. The van der Waals surface area contributed by atoms with Crippen molar-refractivity contribution in [3.63, 3.8) is 0 Å². The number of carbonyl (C=O) groups excluding carboxylic acids is 1. The number of nitrogens with one attached hydrogen (secondary N) is 1. The zero-order chi connectivity index (χ0) is 20.5. The highest BCUT2D eigenvalue weighted by Gasteiger charge is 2.26. The van der Waals surface area contributed by atoms with Gasteiger partial charge in [0.05, 0.1) is 26.9 Å². The lowest BCUT2D eigenvalue weighted by atomic mass is 10.1. The van der Waals surface area contributed by atoms with Crippen LogP contribution in [0.3, 0.4) is 0 Å². The molecule has 11 heteroatoms. The number of amides is 1. The van der Waals surface area contributed by atoms with Gasteiger partial charge in [-0.2, -0.15) is 0 Å². The number of anilines is 2. The molecule has 1 saturated heterocycles. The van der Waals surface area contributed by atoms with E-state index in [1.165, 1.54) is 46.8 Å². The molecule has 2 aromatic carbocycles. The quantitative estimate of drug-likeness (QED) is 0.748. The minimum Gasteiger partial charge on any atom is -0.322 e. The second-order valence-electron chi connectivity index (χ2n) is 6.28. The van der Waals surface area contributed by atoms with Crippen LogP contribution in [0.1, 0.15) is 23.2 Å². The van der Waals surface area contributed by atoms with E-state index in [1.54, 1.807) is 0 Å². The van der Waals surface area contributed by atoms with Crippen LogP contribution in [-0.4, -0.2) is 35.0 Å². The summed E-state index contributed by atoms with van der Waals surface area (Å²) in [6.45, 7) is 0.376. The summed E-state index contributed by atoms with van der Waals surface area (Å²) in [6, 6.07) is 9.79. The van der Waals surface area contributed by atoms with Gasteiger partial charge in [0.25, 0.3) is 5.91 Å².